The summed E-state index contributed by atoms with van der Waals surface area (Å²) in [5.41, 5.74) is 2.17. The second-order valence-corrected chi connectivity index (χ2v) is 6.38. The van der Waals surface area contributed by atoms with Crippen LogP contribution in [0.1, 0.15) is 20.8 Å². The number of hydrogen-bond acceptors (Lipinski definition) is 3. The number of carbonyl (C=O) groups excluding carboxylic acids is 2. The van der Waals surface area contributed by atoms with Gasteiger partial charge < -0.3 is 20.4 Å². The largest absolute Gasteiger partial charge is 0.495 e. The van der Waals surface area contributed by atoms with Crippen LogP contribution >= 0.6 is 0 Å². The minimum atomic E-state index is -0.312. The van der Waals surface area contributed by atoms with Crippen molar-refractivity contribution in [3.8, 4) is 5.75 Å². The van der Waals surface area contributed by atoms with E-state index < -0.39 is 0 Å². The Kier molecular flexibility index (Phi) is 4.45. The van der Waals surface area contributed by atoms with Crippen molar-refractivity contribution in [1.29, 1.82) is 0 Å². The van der Waals surface area contributed by atoms with Crippen molar-refractivity contribution < 1.29 is 14.3 Å². The first-order valence-electron chi connectivity index (χ1n) is 8.82. The van der Waals surface area contributed by atoms with Gasteiger partial charge in [-0.05, 0) is 41.1 Å². The molecule has 0 aliphatic carbocycles. The third kappa shape index (κ3) is 3.05. The van der Waals surface area contributed by atoms with Crippen LogP contribution in [0.3, 0.4) is 0 Å². The fourth-order valence-corrected chi connectivity index (χ4v) is 3.29. The van der Waals surface area contributed by atoms with Crippen LogP contribution < -0.4 is 15.4 Å². The maximum Gasteiger partial charge on any atom is 0.272 e. The molecule has 0 spiro atoms. The van der Waals surface area contributed by atoms with Gasteiger partial charge in [-0.3, -0.25) is 9.59 Å². The summed E-state index contributed by atoms with van der Waals surface area (Å²) < 4.78 is 5.31. The van der Waals surface area contributed by atoms with Crippen molar-refractivity contribution in [2.45, 2.75) is 0 Å². The highest BCUT2D eigenvalue weighted by Gasteiger charge is 2.15. The Labute approximate surface area is 161 Å². The number of anilines is 1. The lowest BCUT2D eigenvalue weighted by Crippen LogP contribution is -2.19. The van der Waals surface area contributed by atoms with E-state index in [9.17, 15) is 9.59 Å². The van der Waals surface area contributed by atoms with Crippen LogP contribution in [0, 0.1) is 0 Å². The van der Waals surface area contributed by atoms with Crippen molar-refractivity contribution in [3.05, 3.63) is 71.9 Å². The van der Waals surface area contributed by atoms with E-state index in [1.807, 2.05) is 42.5 Å². The topological polar surface area (TPSA) is 83.2 Å². The first kappa shape index (κ1) is 17.6. The van der Waals surface area contributed by atoms with Gasteiger partial charge in [0.05, 0.1) is 12.8 Å². The number of aromatic amines is 1. The fraction of sp³-hybridized carbons (Fsp3) is 0.0909. The average Bonchev–Trinajstić information content (AvgIpc) is 3.18. The predicted octanol–water partition coefficient (Wildman–Crippen LogP) is 3.94. The summed E-state index contributed by atoms with van der Waals surface area (Å²) in [5.74, 6) is -0.0783. The Balaban J connectivity index is 1.70. The molecule has 0 fully saturated rings. The lowest BCUT2D eigenvalue weighted by molar-refractivity contribution is 0.0961. The van der Waals surface area contributed by atoms with Crippen LogP contribution in [0.2, 0.25) is 0 Å². The van der Waals surface area contributed by atoms with Gasteiger partial charge in [-0.1, -0.05) is 30.3 Å². The van der Waals surface area contributed by atoms with Crippen molar-refractivity contribution in [2.75, 3.05) is 19.5 Å². The van der Waals surface area contributed by atoms with Crippen LogP contribution in [-0.2, 0) is 0 Å². The average molecular weight is 373 g/mol. The highest BCUT2D eigenvalue weighted by Crippen LogP contribution is 2.28. The number of benzene rings is 3. The predicted molar refractivity (Wildman–Crippen MR) is 110 cm³/mol. The number of aromatic nitrogens is 1. The Morgan fingerprint density at radius 1 is 0.929 bits per heavy atom. The Morgan fingerprint density at radius 3 is 2.54 bits per heavy atom. The minimum Gasteiger partial charge on any atom is -0.495 e. The van der Waals surface area contributed by atoms with Gasteiger partial charge in [-0.25, -0.2) is 0 Å². The van der Waals surface area contributed by atoms with Gasteiger partial charge >= 0.3 is 0 Å². The number of carbonyl (C=O) groups is 2. The maximum absolute atomic E-state index is 12.8. The molecule has 3 aromatic carbocycles. The van der Waals surface area contributed by atoms with Gasteiger partial charge in [0.2, 0.25) is 0 Å². The lowest BCUT2D eigenvalue weighted by atomic mass is 10.1. The first-order chi connectivity index (χ1) is 13.6. The fourth-order valence-electron chi connectivity index (χ4n) is 3.29. The van der Waals surface area contributed by atoms with E-state index in [-0.39, 0.29) is 11.8 Å². The van der Waals surface area contributed by atoms with Gasteiger partial charge in [0.1, 0.15) is 11.4 Å². The number of hydrogen-bond donors (Lipinski definition) is 3. The van der Waals surface area contributed by atoms with Gasteiger partial charge in [0.25, 0.3) is 11.8 Å². The molecule has 4 rings (SSSR count). The maximum atomic E-state index is 12.8. The van der Waals surface area contributed by atoms with Crippen molar-refractivity contribution in [3.63, 3.8) is 0 Å². The zero-order valence-corrected chi connectivity index (χ0v) is 15.5. The molecular weight excluding hydrogens is 354 g/mol. The zero-order valence-electron chi connectivity index (χ0n) is 15.5. The van der Waals surface area contributed by atoms with Crippen LogP contribution in [0.5, 0.6) is 5.75 Å². The quantitative estimate of drug-likeness (QED) is 0.507. The van der Waals surface area contributed by atoms with Crippen LogP contribution in [-0.4, -0.2) is 31.0 Å². The highest BCUT2D eigenvalue weighted by atomic mass is 16.5. The summed E-state index contributed by atoms with van der Waals surface area (Å²) in [4.78, 5) is 27.9. The van der Waals surface area contributed by atoms with E-state index in [1.54, 1.807) is 25.2 Å². The van der Waals surface area contributed by atoms with E-state index >= 15 is 0 Å². The Hall–Kier alpha value is -3.80. The standard InChI is InChI=1S/C22H19N3O3/c1-23-21(26)14-8-10-20(28-2)18(11-14)25-22(27)19-12-16-15-6-4-3-5-13(15)7-9-17(16)24-19/h3-12,24H,1-2H3,(H,23,26)(H,25,27). The van der Waals surface area contributed by atoms with E-state index in [2.05, 4.69) is 15.6 Å². The van der Waals surface area contributed by atoms with E-state index in [0.29, 0.717) is 22.7 Å². The Bertz CT molecular complexity index is 1210. The molecular formula is C22H19N3O3. The molecule has 0 saturated heterocycles. The Morgan fingerprint density at radius 2 is 1.75 bits per heavy atom. The highest BCUT2D eigenvalue weighted by molar-refractivity contribution is 6.12. The molecule has 6 heteroatoms. The minimum absolute atomic E-state index is 0.241. The molecule has 1 heterocycles. The number of amides is 2. The first-order valence-corrected chi connectivity index (χ1v) is 8.82. The summed E-state index contributed by atoms with van der Waals surface area (Å²) in [7, 11) is 3.07. The third-order valence-electron chi connectivity index (χ3n) is 4.71. The number of H-pyrrole nitrogens is 1. The number of nitrogens with one attached hydrogen (secondary N) is 3. The number of methoxy groups -OCH3 is 1. The SMILES string of the molecule is CNC(=O)c1ccc(OC)c(NC(=O)c2cc3c(ccc4ccccc43)[nH]2)c1. The molecule has 0 atom stereocenters. The molecule has 4 aromatic rings. The third-order valence-corrected chi connectivity index (χ3v) is 4.71. The summed E-state index contributed by atoms with van der Waals surface area (Å²) in [6, 6.07) is 18.7. The molecule has 0 bridgehead atoms. The summed E-state index contributed by atoms with van der Waals surface area (Å²) in [6.07, 6.45) is 0. The number of rotatable bonds is 4. The molecule has 28 heavy (non-hydrogen) atoms. The summed E-state index contributed by atoms with van der Waals surface area (Å²) >= 11 is 0. The molecule has 6 nitrogen and oxygen atoms in total. The number of ether oxygens (including phenoxy) is 1. The molecule has 3 N–H and O–H groups in total. The second kappa shape index (κ2) is 7.08. The monoisotopic (exact) mass is 373 g/mol. The van der Waals surface area contributed by atoms with Gasteiger partial charge in [0, 0.05) is 23.5 Å². The zero-order chi connectivity index (χ0) is 19.7. The van der Waals surface area contributed by atoms with Crippen molar-refractivity contribution in [1.82, 2.24) is 10.3 Å². The van der Waals surface area contributed by atoms with Crippen molar-refractivity contribution >= 4 is 39.2 Å². The molecule has 0 radical (unpaired) electrons. The molecule has 1 aromatic heterocycles. The van der Waals surface area contributed by atoms with Gasteiger partial charge in [-0.2, -0.15) is 0 Å². The molecule has 0 saturated carbocycles. The van der Waals surface area contributed by atoms with Crippen molar-refractivity contribution in [2.24, 2.45) is 0 Å². The normalized spacial score (nSPS) is 10.8. The van der Waals surface area contributed by atoms with Crippen LogP contribution in [0.4, 0.5) is 5.69 Å². The molecule has 0 aliphatic rings. The lowest BCUT2D eigenvalue weighted by Gasteiger charge is -2.11. The molecule has 0 unspecified atom stereocenters. The van der Waals surface area contributed by atoms with Gasteiger partial charge in [-0.15, -0.1) is 0 Å². The van der Waals surface area contributed by atoms with E-state index in [1.165, 1.54) is 7.11 Å². The molecule has 2 amide bonds. The van der Waals surface area contributed by atoms with Gasteiger partial charge in [0.15, 0.2) is 0 Å². The molecule has 140 valence electrons. The molecule has 0 aliphatic heterocycles. The van der Waals surface area contributed by atoms with E-state index in [0.717, 1.165) is 21.7 Å². The van der Waals surface area contributed by atoms with Crippen LogP contribution in [0.25, 0.3) is 21.7 Å². The summed E-state index contributed by atoms with van der Waals surface area (Å²) in [6.45, 7) is 0. The number of fused-ring (bicyclic) bond motifs is 3. The second-order valence-electron chi connectivity index (χ2n) is 6.38. The smallest absolute Gasteiger partial charge is 0.272 e. The summed E-state index contributed by atoms with van der Waals surface area (Å²) in [5, 5.41) is 8.57. The van der Waals surface area contributed by atoms with E-state index in [4.69, 9.17) is 4.74 Å². The van der Waals surface area contributed by atoms with Crippen LogP contribution in [0.15, 0.2) is 60.7 Å².